The fourth-order valence-corrected chi connectivity index (χ4v) is 4.03. The number of benzene rings is 1. The lowest BCUT2D eigenvalue weighted by molar-refractivity contribution is -0.119. The van der Waals surface area contributed by atoms with Crippen LogP contribution < -0.4 is 14.5 Å². The van der Waals surface area contributed by atoms with Gasteiger partial charge in [0.25, 0.3) is 0 Å². The minimum Gasteiger partial charge on any atom is -0.372 e. The summed E-state index contributed by atoms with van der Waals surface area (Å²) in [5.41, 5.74) is 1.63. The average molecular weight is 382 g/mol. The molecule has 1 heterocycles. The summed E-state index contributed by atoms with van der Waals surface area (Å²) in [6, 6.07) is 7.46. The number of nitrogens with one attached hydrogen (secondary N) is 1. The second kappa shape index (κ2) is 9.80. The van der Waals surface area contributed by atoms with Gasteiger partial charge in [-0.2, -0.15) is 0 Å². The molecule has 0 atom stereocenters. The number of sulfonamides is 1. The summed E-state index contributed by atoms with van der Waals surface area (Å²) in [5, 5.41) is 2.80. The second-order valence-corrected chi connectivity index (χ2v) is 8.80. The Labute approximate surface area is 157 Å². The van der Waals surface area contributed by atoms with Crippen molar-refractivity contribution >= 4 is 27.3 Å². The summed E-state index contributed by atoms with van der Waals surface area (Å²) in [6.07, 6.45) is 7.82. The van der Waals surface area contributed by atoms with Gasteiger partial charge < -0.3 is 10.2 Å². The summed E-state index contributed by atoms with van der Waals surface area (Å²) in [6.45, 7) is 4.57. The molecule has 1 aromatic rings. The van der Waals surface area contributed by atoms with Crippen molar-refractivity contribution in [3.05, 3.63) is 24.3 Å². The summed E-state index contributed by atoms with van der Waals surface area (Å²) in [5.74, 6) is -0.272. The molecule has 0 radical (unpaired) electrons. The highest BCUT2D eigenvalue weighted by molar-refractivity contribution is 7.92. The lowest BCUT2D eigenvalue weighted by Gasteiger charge is -2.29. The molecule has 26 heavy (non-hydrogen) atoms. The summed E-state index contributed by atoms with van der Waals surface area (Å²) in [7, 11) is -3.53. The Balaban J connectivity index is 2.03. The van der Waals surface area contributed by atoms with Gasteiger partial charge in [-0.25, -0.2) is 8.42 Å². The first kappa shape index (κ1) is 20.6. The molecule has 7 heteroatoms. The van der Waals surface area contributed by atoms with Gasteiger partial charge in [-0.15, -0.1) is 0 Å². The van der Waals surface area contributed by atoms with Crippen molar-refractivity contribution in [3.8, 4) is 0 Å². The maximum Gasteiger partial charge on any atom is 0.240 e. The van der Waals surface area contributed by atoms with Gasteiger partial charge in [-0.1, -0.05) is 19.8 Å². The van der Waals surface area contributed by atoms with Gasteiger partial charge in [-0.3, -0.25) is 9.10 Å². The third kappa shape index (κ3) is 6.20. The first-order chi connectivity index (χ1) is 12.4. The number of anilines is 2. The molecular weight excluding hydrogens is 350 g/mol. The van der Waals surface area contributed by atoms with E-state index in [0.29, 0.717) is 12.2 Å². The lowest BCUT2D eigenvalue weighted by atomic mass is 10.1. The fraction of sp³-hybridized carbons (Fsp3) is 0.632. The molecule has 6 nitrogen and oxygen atoms in total. The van der Waals surface area contributed by atoms with Gasteiger partial charge in [0.05, 0.1) is 11.9 Å². The molecule has 2 rings (SSSR count). The van der Waals surface area contributed by atoms with Crippen molar-refractivity contribution < 1.29 is 13.2 Å². The predicted molar refractivity (Wildman–Crippen MR) is 107 cm³/mol. The first-order valence-corrected chi connectivity index (χ1v) is 11.4. The SMILES string of the molecule is CCCCCNC(=O)CN(c1ccc(N2CCCCC2)cc1)S(C)(=O)=O. The van der Waals surface area contributed by atoms with Gasteiger partial charge >= 0.3 is 0 Å². The maximum absolute atomic E-state index is 12.2. The normalized spacial score (nSPS) is 14.9. The molecule has 0 saturated carbocycles. The fourth-order valence-electron chi connectivity index (χ4n) is 3.17. The number of carbonyl (C=O) groups is 1. The van der Waals surface area contributed by atoms with Crippen LogP contribution in [0.2, 0.25) is 0 Å². The Hall–Kier alpha value is -1.76. The van der Waals surface area contributed by atoms with E-state index in [2.05, 4.69) is 17.1 Å². The second-order valence-electron chi connectivity index (χ2n) is 6.89. The summed E-state index contributed by atoms with van der Waals surface area (Å²) < 4.78 is 25.5. The highest BCUT2D eigenvalue weighted by Gasteiger charge is 2.21. The standard InChI is InChI=1S/C19H31N3O3S/c1-3-4-6-13-20-19(23)16-22(26(2,24)25)18-11-9-17(10-12-18)21-14-7-5-8-15-21/h9-12H,3-8,13-16H2,1-2H3,(H,20,23). The van der Waals surface area contributed by atoms with Crippen LogP contribution in [-0.4, -0.2) is 46.8 Å². The Morgan fingerprint density at radius 2 is 1.77 bits per heavy atom. The zero-order valence-corrected chi connectivity index (χ0v) is 16.7. The number of nitrogens with zero attached hydrogens (tertiary/aromatic N) is 2. The molecule has 0 aromatic heterocycles. The third-order valence-corrected chi connectivity index (χ3v) is 5.79. The number of unbranched alkanes of at least 4 members (excludes halogenated alkanes) is 2. The van der Waals surface area contributed by atoms with Crippen molar-refractivity contribution in [2.75, 3.05) is 41.6 Å². The third-order valence-electron chi connectivity index (χ3n) is 4.65. The minimum atomic E-state index is -3.53. The number of amides is 1. The van der Waals surface area contributed by atoms with Crippen LogP contribution in [0.25, 0.3) is 0 Å². The van der Waals surface area contributed by atoms with E-state index in [9.17, 15) is 13.2 Å². The predicted octanol–water partition coefficient (Wildman–Crippen LogP) is 2.75. The molecule has 146 valence electrons. The molecule has 1 aliphatic rings. The van der Waals surface area contributed by atoms with Gasteiger partial charge in [0.2, 0.25) is 15.9 Å². The van der Waals surface area contributed by atoms with Crippen molar-refractivity contribution in [2.24, 2.45) is 0 Å². The molecule has 1 aromatic carbocycles. The van der Waals surface area contributed by atoms with Crippen LogP contribution in [-0.2, 0) is 14.8 Å². The van der Waals surface area contributed by atoms with E-state index < -0.39 is 10.0 Å². The summed E-state index contributed by atoms with van der Waals surface area (Å²) in [4.78, 5) is 14.4. The van der Waals surface area contributed by atoms with E-state index in [0.717, 1.165) is 44.3 Å². The number of carbonyl (C=O) groups excluding carboxylic acids is 1. The molecule has 0 aliphatic carbocycles. The quantitative estimate of drug-likeness (QED) is 0.668. The number of rotatable bonds is 9. The van der Waals surface area contributed by atoms with Crippen LogP contribution in [0.15, 0.2) is 24.3 Å². The van der Waals surface area contributed by atoms with Crippen molar-refractivity contribution in [2.45, 2.75) is 45.4 Å². The van der Waals surface area contributed by atoms with Crippen LogP contribution in [0, 0.1) is 0 Å². The van der Waals surface area contributed by atoms with E-state index in [4.69, 9.17) is 0 Å². The minimum absolute atomic E-state index is 0.186. The van der Waals surface area contributed by atoms with Gasteiger partial charge in [-0.05, 0) is 49.9 Å². The van der Waals surface area contributed by atoms with Crippen molar-refractivity contribution in [1.29, 1.82) is 0 Å². The van der Waals surface area contributed by atoms with E-state index in [1.165, 1.54) is 23.6 Å². The Bertz CT molecular complexity index is 668. The van der Waals surface area contributed by atoms with E-state index in [-0.39, 0.29) is 12.5 Å². The molecule has 0 spiro atoms. The molecule has 1 N–H and O–H groups in total. The monoisotopic (exact) mass is 381 g/mol. The number of hydrogen-bond acceptors (Lipinski definition) is 4. The molecule has 1 aliphatic heterocycles. The Morgan fingerprint density at radius 3 is 2.35 bits per heavy atom. The largest absolute Gasteiger partial charge is 0.372 e. The molecule has 1 amide bonds. The molecule has 0 bridgehead atoms. The molecule has 1 fully saturated rings. The smallest absolute Gasteiger partial charge is 0.240 e. The number of piperidine rings is 1. The van der Waals surface area contributed by atoms with E-state index >= 15 is 0 Å². The lowest BCUT2D eigenvalue weighted by Crippen LogP contribution is -2.40. The highest BCUT2D eigenvalue weighted by Crippen LogP contribution is 2.24. The molecular formula is C19H31N3O3S. The van der Waals surface area contributed by atoms with Crippen molar-refractivity contribution in [1.82, 2.24) is 5.32 Å². The number of hydrogen-bond donors (Lipinski definition) is 1. The topological polar surface area (TPSA) is 69.7 Å². The van der Waals surface area contributed by atoms with Crippen LogP contribution in [0.3, 0.4) is 0 Å². The Kier molecular flexibility index (Phi) is 7.75. The zero-order chi connectivity index (χ0) is 19.0. The van der Waals surface area contributed by atoms with E-state index in [1.54, 1.807) is 12.1 Å². The van der Waals surface area contributed by atoms with Crippen LogP contribution in [0.5, 0.6) is 0 Å². The molecule has 1 saturated heterocycles. The van der Waals surface area contributed by atoms with Gasteiger partial charge in [0.1, 0.15) is 6.54 Å². The molecule has 0 unspecified atom stereocenters. The van der Waals surface area contributed by atoms with Gasteiger partial charge in [0.15, 0.2) is 0 Å². The average Bonchev–Trinajstić information content (AvgIpc) is 2.63. The van der Waals surface area contributed by atoms with Crippen LogP contribution in [0.4, 0.5) is 11.4 Å². The highest BCUT2D eigenvalue weighted by atomic mass is 32.2. The van der Waals surface area contributed by atoms with Crippen molar-refractivity contribution in [3.63, 3.8) is 0 Å². The zero-order valence-electron chi connectivity index (χ0n) is 15.9. The van der Waals surface area contributed by atoms with Gasteiger partial charge in [0, 0.05) is 25.3 Å². The van der Waals surface area contributed by atoms with Crippen LogP contribution >= 0.6 is 0 Å². The first-order valence-electron chi connectivity index (χ1n) is 9.51. The van der Waals surface area contributed by atoms with Crippen LogP contribution in [0.1, 0.15) is 45.4 Å². The van der Waals surface area contributed by atoms with E-state index in [1.807, 2.05) is 12.1 Å². The summed E-state index contributed by atoms with van der Waals surface area (Å²) >= 11 is 0. The maximum atomic E-state index is 12.2. The Morgan fingerprint density at radius 1 is 1.12 bits per heavy atom.